The van der Waals surface area contributed by atoms with Gasteiger partial charge in [-0.15, -0.1) is 0 Å². The number of benzene rings is 2. The predicted octanol–water partition coefficient (Wildman–Crippen LogP) is 6.32. The first kappa shape index (κ1) is 30.1. The van der Waals surface area contributed by atoms with Crippen LogP contribution in [0.5, 0.6) is 5.75 Å². The molecule has 5 fully saturated rings. The van der Waals surface area contributed by atoms with Gasteiger partial charge < -0.3 is 23.8 Å². The summed E-state index contributed by atoms with van der Waals surface area (Å²) < 4.78 is 17.1. The zero-order chi connectivity index (χ0) is 31.9. The number of methoxy groups -OCH3 is 1. The van der Waals surface area contributed by atoms with E-state index < -0.39 is 5.41 Å². The van der Waals surface area contributed by atoms with Crippen LogP contribution in [0.4, 0.5) is 0 Å². The van der Waals surface area contributed by atoms with E-state index in [4.69, 9.17) is 9.47 Å². The van der Waals surface area contributed by atoms with Crippen LogP contribution in [-0.4, -0.2) is 84.0 Å². The van der Waals surface area contributed by atoms with Crippen molar-refractivity contribution >= 4 is 34.7 Å². The minimum atomic E-state index is -0.482. The van der Waals surface area contributed by atoms with Crippen LogP contribution in [0.1, 0.15) is 91.1 Å². The summed E-state index contributed by atoms with van der Waals surface area (Å²) in [6, 6.07) is 13.5. The summed E-state index contributed by atoms with van der Waals surface area (Å²) in [5.41, 5.74) is 6.44. The van der Waals surface area contributed by atoms with E-state index in [1.807, 2.05) is 6.07 Å². The highest BCUT2D eigenvalue weighted by molar-refractivity contribution is 7.98. The van der Waals surface area contributed by atoms with Crippen LogP contribution in [0.15, 0.2) is 36.4 Å². The molecule has 5 heterocycles. The van der Waals surface area contributed by atoms with E-state index in [-0.39, 0.29) is 17.9 Å². The number of nitrogens with one attached hydrogen (secondary N) is 1. The molecule has 2 aliphatic carbocycles. The third-order valence-corrected chi connectivity index (χ3v) is 13.1. The summed E-state index contributed by atoms with van der Waals surface area (Å²) in [5.74, 6) is 2.50. The van der Waals surface area contributed by atoms with Crippen molar-refractivity contribution in [2.75, 3.05) is 39.6 Å². The van der Waals surface area contributed by atoms with Crippen LogP contribution in [0.2, 0.25) is 0 Å². The minimum absolute atomic E-state index is 0.0731. The van der Waals surface area contributed by atoms with E-state index in [1.165, 1.54) is 71.8 Å². The maximum absolute atomic E-state index is 14.8. The van der Waals surface area contributed by atoms with Gasteiger partial charge in [-0.3, -0.25) is 14.3 Å². The van der Waals surface area contributed by atoms with Gasteiger partial charge in [0.1, 0.15) is 5.75 Å². The van der Waals surface area contributed by atoms with Gasteiger partial charge in [0.25, 0.3) is 5.91 Å². The molecule has 3 saturated heterocycles. The van der Waals surface area contributed by atoms with Crippen LogP contribution in [0.3, 0.4) is 0 Å². The van der Waals surface area contributed by atoms with E-state index >= 15 is 0 Å². The monoisotopic (exact) mass is 654 g/mol. The fourth-order valence-electron chi connectivity index (χ4n) is 9.87. The molecule has 8 nitrogen and oxygen atoms in total. The molecule has 6 aliphatic rings. The maximum atomic E-state index is 14.8. The summed E-state index contributed by atoms with van der Waals surface area (Å²) in [6.07, 6.45) is 10.5. The Hall–Kier alpha value is -3.01. The number of piperazine rings is 1. The Labute approximate surface area is 281 Å². The molecule has 0 spiro atoms. The molecule has 2 aromatic carbocycles. The topological polar surface area (TPSA) is 76.0 Å². The molecule has 1 aromatic heterocycles. The van der Waals surface area contributed by atoms with Gasteiger partial charge in [-0.05, 0) is 105 Å². The number of carbonyl (C=O) groups is 2. The third kappa shape index (κ3) is 4.85. The highest BCUT2D eigenvalue weighted by atomic mass is 32.2. The number of ether oxygens (including phenoxy) is 2. The number of piperidine rings is 1. The molecular formula is C38H46N4O4S. The SMILES string of the molecule is COc1ccc2c(c1)C1CC1(C(=O)N1C3CC1CN(C)C3)Cn1c-2c(C2CCCCC2)c2ccc(C(=O)NSCC3CCCO3)cc21. The largest absolute Gasteiger partial charge is 0.497 e. The lowest BCUT2D eigenvalue weighted by atomic mass is 9.81. The molecule has 2 saturated carbocycles. The molecule has 3 aromatic rings. The highest BCUT2D eigenvalue weighted by Gasteiger charge is 2.66. The van der Waals surface area contributed by atoms with Crippen molar-refractivity contribution < 1.29 is 19.1 Å². The number of rotatable bonds is 7. The van der Waals surface area contributed by atoms with Gasteiger partial charge in [0.2, 0.25) is 5.91 Å². The summed E-state index contributed by atoms with van der Waals surface area (Å²) in [5, 5.41) is 1.24. The van der Waals surface area contributed by atoms with E-state index in [2.05, 4.69) is 56.5 Å². The average molecular weight is 655 g/mol. The molecule has 2 bridgehead atoms. The van der Waals surface area contributed by atoms with E-state index in [0.717, 1.165) is 62.4 Å². The summed E-state index contributed by atoms with van der Waals surface area (Å²) in [6.45, 7) is 3.38. The first-order chi connectivity index (χ1) is 22.9. The second-order valence-electron chi connectivity index (χ2n) is 15.1. The molecule has 1 N–H and O–H groups in total. The number of hydrogen-bond donors (Lipinski definition) is 1. The van der Waals surface area contributed by atoms with Gasteiger partial charge in [0.15, 0.2) is 0 Å². The van der Waals surface area contributed by atoms with Crippen LogP contribution in [0, 0.1) is 5.41 Å². The third-order valence-electron chi connectivity index (χ3n) is 12.3. The first-order valence-electron chi connectivity index (χ1n) is 17.8. The first-order valence-corrected chi connectivity index (χ1v) is 18.8. The Kier molecular flexibility index (Phi) is 7.40. The lowest BCUT2D eigenvalue weighted by Crippen LogP contribution is -2.70. The lowest BCUT2D eigenvalue weighted by Gasteiger charge is -2.56. The van der Waals surface area contributed by atoms with Crippen molar-refractivity contribution in [3.63, 3.8) is 0 Å². The normalized spacial score (nSPS) is 29.8. The van der Waals surface area contributed by atoms with E-state index in [0.29, 0.717) is 36.0 Å². The molecule has 5 unspecified atom stereocenters. The summed E-state index contributed by atoms with van der Waals surface area (Å²) in [7, 11) is 3.91. The number of nitrogens with zero attached hydrogens (tertiary/aromatic N) is 3. The van der Waals surface area contributed by atoms with Crippen LogP contribution in [0.25, 0.3) is 22.2 Å². The van der Waals surface area contributed by atoms with Gasteiger partial charge in [0.05, 0.1) is 24.3 Å². The smallest absolute Gasteiger partial charge is 0.261 e. The van der Waals surface area contributed by atoms with Crippen molar-refractivity contribution in [2.45, 2.75) is 94.4 Å². The molecule has 5 atom stereocenters. The number of hydrogen-bond acceptors (Lipinski definition) is 6. The fourth-order valence-corrected chi connectivity index (χ4v) is 10.6. The van der Waals surface area contributed by atoms with Crippen molar-refractivity contribution in [1.29, 1.82) is 0 Å². The minimum Gasteiger partial charge on any atom is -0.497 e. The van der Waals surface area contributed by atoms with Crippen molar-refractivity contribution in [3.8, 4) is 17.0 Å². The number of likely N-dealkylation sites (tertiary alicyclic amines) is 2. The Morgan fingerprint density at radius 1 is 1.04 bits per heavy atom. The van der Waals surface area contributed by atoms with Crippen LogP contribution >= 0.6 is 11.9 Å². The fraction of sp³-hybridized carbons (Fsp3) is 0.579. The van der Waals surface area contributed by atoms with E-state index in [1.54, 1.807) is 7.11 Å². The number of carbonyl (C=O) groups excluding carboxylic acids is 2. The second kappa shape index (κ2) is 11.6. The Morgan fingerprint density at radius 3 is 2.64 bits per heavy atom. The molecular weight excluding hydrogens is 609 g/mol. The number of amides is 2. The zero-order valence-electron chi connectivity index (χ0n) is 27.6. The van der Waals surface area contributed by atoms with Crippen LogP contribution in [-0.2, 0) is 16.1 Å². The summed E-state index contributed by atoms with van der Waals surface area (Å²) in [4.78, 5) is 33.0. The molecule has 4 aliphatic heterocycles. The molecule has 248 valence electrons. The molecule has 47 heavy (non-hydrogen) atoms. The number of likely N-dealkylation sites (N-methyl/N-ethyl adjacent to an activating group) is 1. The standard InChI is InChI=1S/C38H46N4O4S/c1-40-19-25-16-26(20-40)42(25)37(44)38-18-32(38)31-17-27(45-2)11-13-29(31)35-34(23-7-4-3-5-8-23)30-12-10-24(15-33(30)41(35)22-38)36(43)39-47-21-28-9-6-14-46-28/h10-13,15,17,23,25-26,28,32H,3-9,14,16,18-22H2,1-2H3,(H,39,43). The Balaban J connectivity index is 1.16. The van der Waals surface area contributed by atoms with Gasteiger partial charge in [-0.25, -0.2) is 0 Å². The van der Waals surface area contributed by atoms with Gasteiger partial charge in [0, 0.05) is 72.0 Å². The number of aromatic nitrogens is 1. The van der Waals surface area contributed by atoms with Gasteiger partial charge in [-0.1, -0.05) is 25.3 Å². The van der Waals surface area contributed by atoms with Crippen LogP contribution < -0.4 is 9.46 Å². The Morgan fingerprint density at radius 2 is 1.87 bits per heavy atom. The van der Waals surface area contributed by atoms with Crippen molar-refractivity contribution in [3.05, 3.63) is 53.1 Å². The Bertz CT molecular complexity index is 1730. The molecule has 0 radical (unpaired) electrons. The van der Waals surface area contributed by atoms with Crippen molar-refractivity contribution in [1.82, 2.24) is 19.1 Å². The summed E-state index contributed by atoms with van der Waals surface area (Å²) >= 11 is 1.45. The molecule has 9 heteroatoms. The maximum Gasteiger partial charge on any atom is 0.261 e. The number of fused-ring (bicyclic) bond motifs is 9. The average Bonchev–Trinajstić information content (AvgIpc) is 3.45. The zero-order valence-corrected chi connectivity index (χ0v) is 28.4. The second-order valence-corrected chi connectivity index (χ2v) is 16.0. The molecule has 9 rings (SSSR count). The lowest BCUT2D eigenvalue weighted by molar-refractivity contribution is -0.159. The predicted molar refractivity (Wildman–Crippen MR) is 185 cm³/mol. The quantitative estimate of drug-likeness (QED) is 0.301. The van der Waals surface area contributed by atoms with Gasteiger partial charge >= 0.3 is 0 Å². The van der Waals surface area contributed by atoms with E-state index in [9.17, 15) is 9.59 Å². The van der Waals surface area contributed by atoms with Gasteiger partial charge in [-0.2, -0.15) is 0 Å². The molecule has 2 amide bonds. The van der Waals surface area contributed by atoms with Crippen molar-refractivity contribution in [2.24, 2.45) is 5.41 Å². The highest BCUT2D eigenvalue weighted by Crippen LogP contribution is 2.67.